The van der Waals surface area contributed by atoms with Gasteiger partial charge in [-0.15, -0.1) is 0 Å². The lowest BCUT2D eigenvalue weighted by atomic mass is 9.64. The van der Waals surface area contributed by atoms with Crippen molar-refractivity contribution in [1.29, 1.82) is 0 Å². The van der Waals surface area contributed by atoms with E-state index in [2.05, 4.69) is 408 Å². The summed E-state index contributed by atoms with van der Waals surface area (Å²) in [6.07, 6.45) is 6.09. The lowest BCUT2D eigenvalue weighted by Crippen LogP contribution is -2.53. The summed E-state index contributed by atoms with van der Waals surface area (Å²) in [6, 6.07) is 129. The number of nitrogens with zero attached hydrogens (tertiary/aromatic N) is 6. The molecule has 484 valence electrons. The van der Waals surface area contributed by atoms with Crippen LogP contribution in [0.15, 0.2) is 364 Å². The molecule has 0 radical (unpaired) electrons. The molecule has 0 aliphatic carbocycles. The molecule has 0 N–H and O–H groups in total. The largest absolute Gasteiger partial charge is 0.458 e. The molecule has 0 saturated carbocycles. The van der Waals surface area contributed by atoms with Crippen molar-refractivity contribution in [3.63, 3.8) is 0 Å². The van der Waals surface area contributed by atoms with Gasteiger partial charge in [-0.3, -0.25) is 13.7 Å². The zero-order chi connectivity index (χ0) is 68.3. The second-order valence-corrected chi connectivity index (χ2v) is 27.3. The standard InChI is InChI=1S/C94H69BN6O/c1-94(2,3)75-51-52-96-92(59-75)99-86-44-23-22-41-84(86)85-50-49-80(63-91(85)99)102-81-61-76(95-100(77-37-18-8-19-38-77)89-47-26-27-48-90(89)101(95)78-39-20-9-21-40-78)60-79(62-81)97-64-98(88-46-25-24-45-87(88)97)93-82(73-55-69(65-29-10-4-11-30-65)53-70(56-73)66-31-12-5-13-32-66)42-28-43-83(93)74-57-71(67-33-14-6-15-34-67)54-72(58-74)68-35-16-7-17-36-68/h4-63H,1-3H3. The topological polar surface area (TPSA) is 42.3 Å². The molecule has 0 bridgehead atoms. The van der Waals surface area contributed by atoms with Gasteiger partial charge in [-0.05, 0) is 198 Å². The van der Waals surface area contributed by atoms with Gasteiger partial charge in [0.05, 0.1) is 44.8 Å². The van der Waals surface area contributed by atoms with Crippen LogP contribution < -0.4 is 24.4 Å². The number of fused-ring (bicyclic) bond motifs is 5. The highest BCUT2D eigenvalue weighted by atomic mass is 16.5. The number of para-hydroxylation sites is 8. The van der Waals surface area contributed by atoms with Crippen molar-refractivity contribution in [1.82, 2.24) is 14.1 Å². The second kappa shape index (κ2) is 25.7. The molecule has 1 aliphatic heterocycles. The van der Waals surface area contributed by atoms with E-state index in [4.69, 9.17) is 9.72 Å². The summed E-state index contributed by atoms with van der Waals surface area (Å²) >= 11 is 0. The van der Waals surface area contributed by atoms with Crippen LogP contribution in [0.1, 0.15) is 26.3 Å². The number of benzene rings is 14. The zero-order valence-electron chi connectivity index (χ0n) is 56.8. The molecular formula is C94H69BN6O. The SMILES string of the molecule is CC(C)(C)c1ccnc(-n2c3ccccc3c3ccc(Oc4cc(B5N(c6ccccc6)c6ccccc6N5c5ccccc5)cc(-n5[c-][n+](-c6c(-c7cc(-c8ccccc8)cc(-c8ccccc8)c7)cccc6-c6cc(-c7ccccc7)cc(-c7ccccc7)c6)c6ccccc65)c4)cc32)c1. The number of hydrogen-bond acceptors (Lipinski definition) is 4. The van der Waals surface area contributed by atoms with Gasteiger partial charge in [0.15, 0.2) is 0 Å². The molecule has 7 nitrogen and oxygen atoms in total. The third kappa shape index (κ3) is 11.3. The highest BCUT2D eigenvalue weighted by Gasteiger charge is 2.44. The molecule has 17 aromatic rings. The number of ether oxygens (including phenoxy) is 1. The van der Waals surface area contributed by atoms with Gasteiger partial charge in [0, 0.05) is 34.4 Å². The monoisotopic (exact) mass is 1310 g/mol. The lowest BCUT2D eigenvalue weighted by Gasteiger charge is -2.31. The van der Waals surface area contributed by atoms with E-state index in [0.29, 0.717) is 11.5 Å². The Bertz CT molecular complexity index is 5640. The first-order chi connectivity index (χ1) is 50.2. The van der Waals surface area contributed by atoms with Crippen molar-refractivity contribution in [3.05, 3.63) is 376 Å². The maximum Gasteiger partial charge on any atom is 0.420 e. The minimum absolute atomic E-state index is 0.0874. The lowest BCUT2D eigenvalue weighted by molar-refractivity contribution is -0.571. The van der Waals surface area contributed by atoms with E-state index in [1.54, 1.807) is 0 Å². The summed E-state index contributed by atoms with van der Waals surface area (Å²) in [5, 5.41) is 2.25. The molecule has 0 amide bonds. The Labute approximate surface area is 595 Å². The van der Waals surface area contributed by atoms with Crippen LogP contribution in [-0.2, 0) is 5.41 Å². The van der Waals surface area contributed by atoms with Crippen LogP contribution in [0.3, 0.4) is 0 Å². The molecule has 0 fully saturated rings. The summed E-state index contributed by atoms with van der Waals surface area (Å²) in [6.45, 7) is 6.35. The quantitative estimate of drug-likeness (QED) is 0.0618. The Morgan fingerprint density at radius 3 is 1.34 bits per heavy atom. The van der Waals surface area contributed by atoms with Crippen molar-refractivity contribution in [3.8, 4) is 95.5 Å². The van der Waals surface area contributed by atoms with Gasteiger partial charge in [-0.25, -0.2) is 4.98 Å². The predicted octanol–water partition coefficient (Wildman–Crippen LogP) is 23.0. The summed E-state index contributed by atoms with van der Waals surface area (Å²) < 4.78 is 14.4. The number of pyridine rings is 1. The van der Waals surface area contributed by atoms with Gasteiger partial charge < -0.3 is 14.4 Å². The summed E-state index contributed by atoms with van der Waals surface area (Å²) in [5.41, 5.74) is 25.5. The van der Waals surface area contributed by atoms with Crippen molar-refractivity contribution >= 4 is 68.0 Å². The summed E-state index contributed by atoms with van der Waals surface area (Å²) in [5.74, 6) is 2.20. The molecule has 0 atom stereocenters. The maximum absolute atomic E-state index is 7.52. The summed E-state index contributed by atoms with van der Waals surface area (Å²) in [4.78, 5) is 9.99. The van der Waals surface area contributed by atoms with Crippen LogP contribution in [0.2, 0.25) is 0 Å². The Balaban J connectivity index is 0.895. The number of imidazole rings is 1. The van der Waals surface area contributed by atoms with Crippen LogP contribution in [-0.4, -0.2) is 21.1 Å². The predicted molar refractivity (Wildman–Crippen MR) is 423 cm³/mol. The van der Waals surface area contributed by atoms with Crippen molar-refractivity contribution in [2.24, 2.45) is 0 Å². The summed E-state index contributed by atoms with van der Waals surface area (Å²) in [7, 11) is 0. The minimum Gasteiger partial charge on any atom is -0.458 e. The fourth-order valence-corrected chi connectivity index (χ4v) is 15.1. The Kier molecular flexibility index (Phi) is 15.4. The Morgan fingerprint density at radius 1 is 0.353 bits per heavy atom. The third-order valence-electron chi connectivity index (χ3n) is 19.9. The van der Waals surface area contributed by atoms with E-state index in [1.165, 1.54) is 5.56 Å². The fraction of sp³-hybridized carbons (Fsp3) is 0.0426. The average molecular weight is 1310 g/mol. The zero-order valence-corrected chi connectivity index (χ0v) is 56.8. The van der Waals surface area contributed by atoms with E-state index in [0.717, 1.165) is 145 Å². The number of anilines is 4. The molecule has 14 aromatic carbocycles. The molecular weight excluding hydrogens is 1240 g/mol. The van der Waals surface area contributed by atoms with Gasteiger partial charge in [0.1, 0.15) is 17.3 Å². The van der Waals surface area contributed by atoms with Crippen LogP contribution in [0, 0.1) is 6.33 Å². The third-order valence-corrected chi connectivity index (χ3v) is 19.9. The van der Waals surface area contributed by atoms with Crippen molar-refractivity contribution in [2.45, 2.75) is 26.2 Å². The van der Waals surface area contributed by atoms with E-state index in [9.17, 15) is 0 Å². The number of hydrogen-bond donors (Lipinski definition) is 0. The molecule has 0 saturated heterocycles. The van der Waals surface area contributed by atoms with Crippen LogP contribution >= 0.6 is 0 Å². The van der Waals surface area contributed by atoms with E-state index < -0.39 is 6.98 Å². The first-order valence-corrected chi connectivity index (χ1v) is 34.9. The second-order valence-electron chi connectivity index (χ2n) is 27.3. The molecule has 4 heterocycles. The van der Waals surface area contributed by atoms with Gasteiger partial charge >= 0.3 is 6.98 Å². The number of rotatable bonds is 14. The van der Waals surface area contributed by atoms with Crippen molar-refractivity contribution in [2.75, 3.05) is 9.62 Å². The van der Waals surface area contributed by atoms with E-state index >= 15 is 0 Å². The smallest absolute Gasteiger partial charge is 0.420 e. The van der Waals surface area contributed by atoms with Crippen molar-refractivity contribution < 1.29 is 9.30 Å². The molecule has 8 heteroatoms. The minimum atomic E-state index is -0.395. The molecule has 1 aliphatic rings. The van der Waals surface area contributed by atoms with Gasteiger partial charge in [0.25, 0.3) is 6.33 Å². The first-order valence-electron chi connectivity index (χ1n) is 34.9. The fourth-order valence-electron chi connectivity index (χ4n) is 15.1. The highest BCUT2D eigenvalue weighted by Crippen LogP contribution is 2.48. The van der Waals surface area contributed by atoms with Crippen LogP contribution in [0.5, 0.6) is 11.5 Å². The number of aromatic nitrogens is 4. The molecule has 0 unspecified atom stereocenters. The Hall–Kier alpha value is -13.0. The van der Waals surface area contributed by atoms with Crippen LogP contribution in [0.25, 0.3) is 117 Å². The van der Waals surface area contributed by atoms with Gasteiger partial charge in [0.2, 0.25) is 0 Å². The Morgan fingerprint density at radius 2 is 0.814 bits per heavy atom. The van der Waals surface area contributed by atoms with Crippen LogP contribution in [0.4, 0.5) is 22.7 Å². The highest BCUT2D eigenvalue weighted by molar-refractivity contribution is 6.84. The van der Waals surface area contributed by atoms with E-state index in [-0.39, 0.29) is 5.41 Å². The molecule has 0 spiro atoms. The van der Waals surface area contributed by atoms with Gasteiger partial charge in [-0.2, -0.15) is 0 Å². The first kappa shape index (κ1) is 61.3. The molecule has 3 aromatic heterocycles. The average Bonchev–Trinajstić information content (AvgIpc) is 1.57. The van der Waals surface area contributed by atoms with E-state index in [1.807, 2.05) is 6.20 Å². The maximum atomic E-state index is 7.52. The molecule has 18 rings (SSSR count). The van der Waals surface area contributed by atoms with Gasteiger partial charge in [-0.1, -0.05) is 257 Å². The molecule has 102 heavy (non-hydrogen) atoms. The normalized spacial score (nSPS) is 12.2.